The first-order valence-electron chi connectivity index (χ1n) is 11.2. The Morgan fingerprint density at radius 3 is 2.21 bits per heavy atom. The van der Waals surface area contributed by atoms with E-state index >= 15 is 0 Å². The maximum atomic E-state index is 12.8. The van der Waals surface area contributed by atoms with E-state index in [4.69, 9.17) is 4.74 Å². The van der Waals surface area contributed by atoms with Gasteiger partial charge >= 0.3 is 5.97 Å². The summed E-state index contributed by atoms with van der Waals surface area (Å²) < 4.78 is 7.34. The molecule has 2 amide bonds. The van der Waals surface area contributed by atoms with Crippen LogP contribution in [0.4, 0.5) is 5.69 Å². The Labute approximate surface area is 197 Å². The molecular weight excluding hydrogens is 432 g/mol. The van der Waals surface area contributed by atoms with Crippen molar-refractivity contribution in [3.8, 4) is 0 Å². The molecule has 0 bridgehead atoms. The van der Waals surface area contributed by atoms with E-state index in [0.717, 1.165) is 29.3 Å². The molecule has 0 aliphatic carbocycles. The van der Waals surface area contributed by atoms with Gasteiger partial charge in [-0.25, -0.2) is 4.79 Å². The lowest BCUT2D eigenvalue weighted by Gasteiger charge is -2.14. The van der Waals surface area contributed by atoms with Crippen LogP contribution in [-0.4, -0.2) is 34.7 Å². The second-order valence-electron chi connectivity index (χ2n) is 8.34. The fourth-order valence-corrected chi connectivity index (χ4v) is 4.22. The molecule has 1 aliphatic heterocycles. The molecule has 7 heteroatoms. The van der Waals surface area contributed by atoms with Crippen LogP contribution in [0.1, 0.15) is 50.5 Å². The number of rotatable bonds is 8. The summed E-state index contributed by atoms with van der Waals surface area (Å²) in [5.41, 5.74) is 4.25. The van der Waals surface area contributed by atoms with Crippen LogP contribution in [0.2, 0.25) is 0 Å². The quantitative estimate of drug-likeness (QED) is 0.289. The first-order chi connectivity index (χ1) is 16.3. The lowest BCUT2D eigenvalue weighted by atomic mass is 10.1. The van der Waals surface area contributed by atoms with Gasteiger partial charge in [-0.05, 0) is 56.2 Å². The molecule has 3 aromatic rings. The van der Waals surface area contributed by atoms with Gasteiger partial charge in [0.05, 0.1) is 11.3 Å². The monoisotopic (exact) mass is 458 g/mol. The Morgan fingerprint density at radius 2 is 1.56 bits per heavy atom. The zero-order valence-corrected chi connectivity index (χ0v) is 19.2. The van der Waals surface area contributed by atoms with Crippen molar-refractivity contribution >= 4 is 29.3 Å². The molecule has 0 N–H and O–H groups in total. The number of anilines is 1. The first-order valence-corrected chi connectivity index (χ1v) is 11.2. The number of Topliss-reactive ketones (excluding diaryl/α,β-unsaturated/α-hetero) is 1. The third-order valence-corrected chi connectivity index (χ3v) is 6.09. The summed E-state index contributed by atoms with van der Waals surface area (Å²) in [5.74, 6) is -1.42. The normalized spacial score (nSPS) is 13.4. The molecule has 0 spiro atoms. The SMILES string of the molecule is Cc1cc(C(=O)COC(=O)c2ccc(N3C(=O)CCC3=O)cc2)c(C)n1CCc1ccccc1. The third kappa shape index (κ3) is 4.83. The van der Waals surface area contributed by atoms with Crippen molar-refractivity contribution in [2.24, 2.45) is 0 Å². The van der Waals surface area contributed by atoms with Crippen LogP contribution in [0.15, 0.2) is 60.7 Å². The summed E-state index contributed by atoms with van der Waals surface area (Å²) in [6.07, 6.45) is 1.24. The van der Waals surface area contributed by atoms with Gasteiger partial charge in [-0.3, -0.25) is 19.3 Å². The maximum absolute atomic E-state index is 12.8. The molecule has 2 heterocycles. The molecule has 0 unspecified atom stereocenters. The second-order valence-corrected chi connectivity index (χ2v) is 8.34. The molecular formula is C27H26N2O5. The fraction of sp³-hybridized carbons (Fsp3) is 0.259. The van der Waals surface area contributed by atoms with E-state index in [1.54, 1.807) is 0 Å². The van der Waals surface area contributed by atoms with Crippen LogP contribution < -0.4 is 4.90 Å². The van der Waals surface area contributed by atoms with Crippen molar-refractivity contribution in [3.63, 3.8) is 0 Å². The Balaban J connectivity index is 1.36. The van der Waals surface area contributed by atoms with Gasteiger partial charge in [0.2, 0.25) is 17.6 Å². The first kappa shape index (κ1) is 23.2. The summed E-state index contributed by atoms with van der Waals surface area (Å²) in [4.78, 5) is 50.0. The minimum atomic E-state index is -0.642. The largest absolute Gasteiger partial charge is 0.454 e. The van der Waals surface area contributed by atoms with Gasteiger partial charge in [0.1, 0.15) is 0 Å². The number of amides is 2. The van der Waals surface area contributed by atoms with Crippen LogP contribution >= 0.6 is 0 Å². The lowest BCUT2D eigenvalue weighted by Crippen LogP contribution is -2.28. The predicted molar refractivity (Wildman–Crippen MR) is 127 cm³/mol. The molecule has 1 fully saturated rings. The van der Waals surface area contributed by atoms with E-state index in [1.165, 1.54) is 29.8 Å². The van der Waals surface area contributed by atoms with Crippen LogP contribution in [0, 0.1) is 13.8 Å². The topological polar surface area (TPSA) is 85.7 Å². The smallest absolute Gasteiger partial charge is 0.338 e. The number of carbonyl (C=O) groups excluding carboxylic acids is 4. The van der Waals surface area contributed by atoms with E-state index < -0.39 is 5.97 Å². The molecule has 1 aromatic heterocycles. The van der Waals surface area contributed by atoms with Gasteiger partial charge in [-0.15, -0.1) is 0 Å². The van der Waals surface area contributed by atoms with Crippen LogP contribution in [-0.2, 0) is 27.3 Å². The number of aromatic nitrogens is 1. The highest BCUT2D eigenvalue weighted by molar-refractivity contribution is 6.19. The molecule has 2 aromatic carbocycles. The standard InChI is InChI=1S/C27H26N2O5/c1-18-16-23(19(2)28(18)15-14-20-6-4-3-5-7-20)24(30)17-34-27(33)21-8-10-22(11-9-21)29-25(31)12-13-26(29)32/h3-11,16H,12-15,17H2,1-2H3. The van der Waals surface area contributed by atoms with Gasteiger partial charge in [-0.1, -0.05) is 30.3 Å². The predicted octanol–water partition coefficient (Wildman–Crippen LogP) is 4.04. The number of hydrogen-bond donors (Lipinski definition) is 0. The number of aryl methyl sites for hydroxylation is 2. The van der Waals surface area contributed by atoms with Crippen molar-refractivity contribution in [3.05, 3.63) is 88.7 Å². The lowest BCUT2D eigenvalue weighted by molar-refractivity contribution is -0.121. The van der Waals surface area contributed by atoms with Gasteiger partial charge < -0.3 is 9.30 Å². The third-order valence-electron chi connectivity index (χ3n) is 6.09. The average Bonchev–Trinajstić information content (AvgIpc) is 3.33. The number of ether oxygens (including phenoxy) is 1. The fourth-order valence-electron chi connectivity index (χ4n) is 4.22. The van der Waals surface area contributed by atoms with Crippen molar-refractivity contribution in [1.29, 1.82) is 0 Å². The molecule has 1 saturated heterocycles. The Kier molecular flexibility index (Phi) is 6.72. The molecule has 0 atom stereocenters. The van der Waals surface area contributed by atoms with Crippen molar-refractivity contribution < 1.29 is 23.9 Å². The van der Waals surface area contributed by atoms with Crippen LogP contribution in [0.3, 0.4) is 0 Å². The summed E-state index contributed by atoms with van der Waals surface area (Å²) in [6, 6.07) is 18.0. The number of nitrogens with zero attached hydrogens (tertiary/aromatic N) is 2. The Bertz CT molecular complexity index is 1230. The van der Waals surface area contributed by atoms with E-state index in [2.05, 4.69) is 16.7 Å². The molecule has 34 heavy (non-hydrogen) atoms. The van der Waals surface area contributed by atoms with Gasteiger partial charge in [0.25, 0.3) is 0 Å². The van der Waals surface area contributed by atoms with Gasteiger partial charge in [-0.2, -0.15) is 0 Å². The highest BCUT2D eigenvalue weighted by Crippen LogP contribution is 2.23. The zero-order valence-electron chi connectivity index (χ0n) is 19.2. The van der Waals surface area contributed by atoms with Crippen molar-refractivity contribution in [1.82, 2.24) is 4.57 Å². The zero-order chi connectivity index (χ0) is 24.2. The molecule has 0 radical (unpaired) electrons. The Hall–Kier alpha value is -4.00. The van der Waals surface area contributed by atoms with E-state index in [0.29, 0.717) is 11.3 Å². The highest BCUT2D eigenvalue weighted by Gasteiger charge is 2.30. The summed E-state index contributed by atoms with van der Waals surface area (Å²) >= 11 is 0. The minimum absolute atomic E-state index is 0.192. The summed E-state index contributed by atoms with van der Waals surface area (Å²) in [5, 5.41) is 0. The van der Waals surface area contributed by atoms with Crippen LogP contribution in [0.5, 0.6) is 0 Å². The van der Waals surface area contributed by atoms with E-state index in [1.807, 2.05) is 38.1 Å². The molecule has 7 nitrogen and oxygen atoms in total. The number of imide groups is 1. The Morgan fingerprint density at radius 1 is 0.912 bits per heavy atom. The number of esters is 1. The van der Waals surface area contributed by atoms with Crippen molar-refractivity contribution in [2.45, 2.75) is 39.7 Å². The average molecular weight is 459 g/mol. The number of carbonyl (C=O) groups is 4. The molecule has 0 saturated carbocycles. The number of hydrogen-bond acceptors (Lipinski definition) is 5. The number of benzene rings is 2. The highest BCUT2D eigenvalue weighted by atomic mass is 16.5. The maximum Gasteiger partial charge on any atom is 0.338 e. The molecule has 174 valence electrons. The summed E-state index contributed by atoms with van der Waals surface area (Å²) in [6.45, 7) is 4.24. The summed E-state index contributed by atoms with van der Waals surface area (Å²) in [7, 11) is 0. The molecule has 1 aliphatic rings. The van der Waals surface area contributed by atoms with Crippen molar-refractivity contribution in [2.75, 3.05) is 11.5 Å². The second kappa shape index (κ2) is 9.87. The number of ketones is 1. The van der Waals surface area contributed by atoms with E-state index in [9.17, 15) is 19.2 Å². The van der Waals surface area contributed by atoms with E-state index in [-0.39, 0.29) is 42.6 Å². The van der Waals surface area contributed by atoms with Gasteiger partial charge in [0.15, 0.2) is 6.61 Å². The van der Waals surface area contributed by atoms with Gasteiger partial charge in [0, 0.05) is 36.3 Å². The molecule has 4 rings (SSSR count). The minimum Gasteiger partial charge on any atom is -0.454 e. The van der Waals surface area contributed by atoms with Crippen LogP contribution in [0.25, 0.3) is 0 Å².